The molecule has 2 rings (SSSR count). The van der Waals surface area contributed by atoms with Crippen molar-refractivity contribution >= 4 is 29.3 Å². The molecule has 0 aliphatic heterocycles. The molecule has 4 heteroatoms. The third-order valence-electron chi connectivity index (χ3n) is 3.40. The second kappa shape index (κ2) is 8.35. The maximum Gasteiger partial charge on any atom is 0.0802 e. The highest BCUT2D eigenvalue weighted by molar-refractivity contribution is 6.36. The third-order valence-corrected chi connectivity index (χ3v) is 4.09. The van der Waals surface area contributed by atoms with Crippen LogP contribution in [0.3, 0.4) is 0 Å². The Balaban J connectivity index is 2.21. The first-order chi connectivity index (χ1) is 10.6. The number of hydrogen-bond acceptors (Lipinski definition) is 2. The Morgan fingerprint density at radius 1 is 1.27 bits per heavy atom. The quantitative estimate of drug-likeness (QED) is 0.822. The second-order valence-electron chi connectivity index (χ2n) is 5.06. The smallest absolute Gasteiger partial charge is 0.0802 e. The first kappa shape index (κ1) is 17.0. The van der Waals surface area contributed by atoms with E-state index < -0.39 is 6.10 Å². The molecule has 0 saturated carbocycles. The minimum absolute atomic E-state index is 0.455. The lowest BCUT2D eigenvalue weighted by atomic mass is 10.0. The molecule has 1 aromatic rings. The molecule has 1 aromatic carbocycles. The van der Waals surface area contributed by atoms with Crippen molar-refractivity contribution in [3.8, 4) is 0 Å². The molecule has 0 radical (unpaired) electrons. The van der Waals surface area contributed by atoms with Crippen LogP contribution in [-0.2, 0) is 0 Å². The number of halogens is 2. The first-order valence-electron chi connectivity index (χ1n) is 7.19. The van der Waals surface area contributed by atoms with Crippen molar-refractivity contribution in [2.75, 3.05) is 6.54 Å². The summed E-state index contributed by atoms with van der Waals surface area (Å²) in [6, 6.07) is 7.72. The molecule has 116 valence electrons. The molecule has 1 aliphatic rings. The predicted molar refractivity (Wildman–Crippen MR) is 94.7 cm³/mol. The van der Waals surface area contributed by atoms with Crippen LogP contribution in [-0.4, -0.2) is 11.7 Å². The van der Waals surface area contributed by atoms with Gasteiger partial charge in [-0.1, -0.05) is 65.7 Å². The fraction of sp³-hybridized carbons (Fsp3) is 0.222. The Bertz CT molecular complexity index is 644. The predicted octanol–water partition coefficient (Wildman–Crippen LogP) is 4.66. The number of allylic oxidation sites excluding steroid dienone is 7. The van der Waals surface area contributed by atoms with E-state index in [-0.39, 0.29) is 0 Å². The standard InChI is InChI=1S/C18H19Cl2NO/c19-16-6-1-2-7-17(20)15(16)9-8-13-4-3-5-14(12-13)18(22)10-11-21/h1-6,8-9,12,18,22H,7,10-11,21H2. The summed E-state index contributed by atoms with van der Waals surface area (Å²) in [6.45, 7) is 0.455. The summed E-state index contributed by atoms with van der Waals surface area (Å²) in [4.78, 5) is 0. The Labute approximate surface area is 141 Å². The molecule has 0 heterocycles. The molecular weight excluding hydrogens is 317 g/mol. The Morgan fingerprint density at radius 3 is 2.86 bits per heavy atom. The zero-order valence-electron chi connectivity index (χ0n) is 12.2. The molecule has 22 heavy (non-hydrogen) atoms. The number of rotatable bonds is 5. The van der Waals surface area contributed by atoms with Gasteiger partial charge in [-0.2, -0.15) is 0 Å². The van der Waals surface area contributed by atoms with E-state index >= 15 is 0 Å². The normalized spacial score (nSPS) is 16.8. The summed E-state index contributed by atoms with van der Waals surface area (Å²) in [6.07, 6.45) is 10.2. The molecule has 2 nitrogen and oxygen atoms in total. The topological polar surface area (TPSA) is 46.2 Å². The molecule has 0 saturated heterocycles. The summed E-state index contributed by atoms with van der Waals surface area (Å²) >= 11 is 12.5. The van der Waals surface area contributed by atoms with Gasteiger partial charge in [0.15, 0.2) is 0 Å². The number of aliphatic hydroxyl groups is 1. The van der Waals surface area contributed by atoms with Crippen LogP contribution < -0.4 is 5.73 Å². The van der Waals surface area contributed by atoms with Gasteiger partial charge in [0.25, 0.3) is 0 Å². The fourth-order valence-corrected chi connectivity index (χ4v) is 2.75. The Morgan fingerprint density at radius 2 is 2.09 bits per heavy atom. The van der Waals surface area contributed by atoms with Crippen molar-refractivity contribution in [3.05, 3.63) is 75.3 Å². The second-order valence-corrected chi connectivity index (χ2v) is 5.93. The van der Waals surface area contributed by atoms with E-state index in [2.05, 4.69) is 0 Å². The van der Waals surface area contributed by atoms with E-state index in [0.717, 1.165) is 16.7 Å². The largest absolute Gasteiger partial charge is 0.388 e. The lowest BCUT2D eigenvalue weighted by molar-refractivity contribution is 0.170. The van der Waals surface area contributed by atoms with Crippen LogP contribution >= 0.6 is 23.2 Å². The molecule has 1 aliphatic carbocycles. The fourth-order valence-electron chi connectivity index (χ4n) is 2.20. The van der Waals surface area contributed by atoms with Crippen LogP contribution in [0, 0.1) is 0 Å². The highest BCUT2D eigenvalue weighted by Crippen LogP contribution is 2.28. The highest BCUT2D eigenvalue weighted by Gasteiger charge is 2.08. The summed E-state index contributed by atoms with van der Waals surface area (Å²) in [7, 11) is 0. The zero-order valence-corrected chi connectivity index (χ0v) is 13.7. The maximum absolute atomic E-state index is 10.0. The van der Waals surface area contributed by atoms with Crippen molar-refractivity contribution in [1.29, 1.82) is 0 Å². The van der Waals surface area contributed by atoms with Crippen LogP contribution in [0.5, 0.6) is 0 Å². The van der Waals surface area contributed by atoms with Crippen molar-refractivity contribution in [2.45, 2.75) is 18.9 Å². The van der Waals surface area contributed by atoms with Gasteiger partial charge in [0.2, 0.25) is 0 Å². The van der Waals surface area contributed by atoms with Crippen molar-refractivity contribution in [1.82, 2.24) is 0 Å². The molecule has 0 spiro atoms. The monoisotopic (exact) mass is 335 g/mol. The van der Waals surface area contributed by atoms with Gasteiger partial charge in [0, 0.05) is 22.1 Å². The molecule has 1 unspecified atom stereocenters. The molecule has 1 atom stereocenters. The molecular formula is C18H19Cl2NO. The number of benzene rings is 1. The van der Waals surface area contributed by atoms with Gasteiger partial charge in [0.1, 0.15) is 0 Å². The number of nitrogens with two attached hydrogens (primary N) is 1. The van der Waals surface area contributed by atoms with Gasteiger partial charge in [0.05, 0.1) is 6.10 Å². The minimum atomic E-state index is -0.535. The van der Waals surface area contributed by atoms with Crippen LogP contribution in [0.4, 0.5) is 0 Å². The highest BCUT2D eigenvalue weighted by atomic mass is 35.5. The molecule has 0 aromatic heterocycles. The summed E-state index contributed by atoms with van der Waals surface area (Å²) in [5.41, 5.74) is 8.14. The average Bonchev–Trinajstić information content (AvgIpc) is 2.67. The molecule has 0 bridgehead atoms. The average molecular weight is 336 g/mol. The van der Waals surface area contributed by atoms with Gasteiger partial charge in [-0.15, -0.1) is 0 Å². The minimum Gasteiger partial charge on any atom is -0.388 e. The van der Waals surface area contributed by atoms with Crippen LogP contribution in [0.25, 0.3) is 6.08 Å². The third kappa shape index (κ3) is 4.59. The van der Waals surface area contributed by atoms with Crippen LogP contribution in [0.15, 0.2) is 64.2 Å². The molecule has 3 N–H and O–H groups in total. The van der Waals surface area contributed by atoms with E-state index in [1.165, 1.54) is 0 Å². The number of aliphatic hydroxyl groups excluding tert-OH is 1. The van der Waals surface area contributed by atoms with Crippen molar-refractivity contribution in [2.24, 2.45) is 5.73 Å². The first-order valence-corrected chi connectivity index (χ1v) is 7.95. The van der Waals surface area contributed by atoms with E-state index in [0.29, 0.717) is 29.5 Å². The Kier molecular flexibility index (Phi) is 6.47. The van der Waals surface area contributed by atoms with Gasteiger partial charge in [-0.3, -0.25) is 0 Å². The van der Waals surface area contributed by atoms with Crippen LogP contribution in [0.2, 0.25) is 0 Å². The van der Waals surface area contributed by atoms with Crippen LogP contribution in [0.1, 0.15) is 30.1 Å². The van der Waals surface area contributed by atoms with Crippen molar-refractivity contribution < 1.29 is 5.11 Å². The van der Waals surface area contributed by atoms with E-state index in [1.807, 2.05) is 54.6 Å². The van der Waals surface area contributed by atoms with Gasteiger partial charge in [-0.25, -0.2) is 0 Å². The summed E-state index contributed by atoms with van der Waals surface area (Å²) < 4.78 is 0. The van der Waals surface area contributed by atoms with E-state index in [4.69, 9.17) is 28.9 Å². The van der Waals surface area contributed by atoms with E-state index in [1.54, 1.807) is 0 Å². The zero-order chi connectivity index (χ0) is 15.9. The molecule has 0 fully saturated rings. The van der Waals surface area contributed by atoms with Crippen molar-refractivity contribution in [3.63, 3.8) is 0 Å². The SMILES string of the molecule is NCCC(O)c1cccc(C=CC2=C(Cl)CC=CC=C2Cl)c1. The summed E-state index contributed by atoms with van der Waals surface area (Å²) in [5.74, 6) is 0. The lowest BCUT2D eigenvalue weighted by Gasteiger charge is -2.10. The Hall–Kier alpha value is -1.32. The van der Waals surface area contributed by atoms with Gasteiger partial charge in [-0.05, 0) is 36.2 Å². The van der Waals surface area contributed by atoms with Gasteiger partial charge < -0.3 is 10.8 Å². The lowest BCUT2D eigenvalue weighted by Crippen LogP contribution is -2.06. The van der Waals surface area contributed by atoms with E-state index in [9.17, 15) is 5.11 Å². The number of hydrogen-bond donors (Lipinski definition) is 2. The van der Waals surface area contributed by atoms with Gasteiger partial charge >= 0.3 is 0 Å². The maximum atomic E-state index is 10.0. The summed E-state index contributed by atoms with van der Waals surface area (Å²) in [5, 5.41) is 11.3. The molecule has 0 amide bonds.